The van der Waals surface area contributed by atoms with Crippen molar-refractivity contribution in [1.29, 1.82) is 0 Å². The van der Waals surface area contributed by atoms with Gasteiger partial charge in [-0.3, -0.25) is 33.8 Å². The van der Waals surface area contributed by atoms with E-state index in [4.69, 9.17) is 15.1 Å². The highest BCUT2D eigenvalue weighted by Gasteiger charge is 2.43. The molecule has 9 rings (SSSR count). The number of carboxylic acids is 1. The summed E-state index contributed by atoms with van der Waals surface area (Å²) >= 11 is 0. The van der Waals surface area contributed by atoms with Gasteiger partial charge in [-0.2, -0.15) is 0 Å². The zero-order chi connectivity index (χ0) is 49.8. The molecule has 14 nitrogen and oxygen atoms in total. The van der Waals surface area contributed by atoms with Gasteiger partial charge in [0.25, 0.3) is 0 Å². The number of aliphatic carboxylic acids is 1. The van der Waals surface area contributed by atoms with Gasteiger partial charge in [-0.1, -0.05) is 110 Å². The van der Waals surface area contributed by atoms with E-state index in [1.54, 1.807) is 0 Å². The molecule has 0 spiro atoms. The van der Waals surface area contributed by atoms with Gasteiger partial charge in [0.1, 0.15) is 23.7 Å². The molecule has 0 bridgehead atoms. The highest BCUT2D eigenvalue weighted by atomic mass is 16.4. The first-order valence-electron chi connectivity index (χ1n) is 24.5. The van der Waals surface area contributed by atoms with Crippen LogP contribution < -0.4 is 10.6 Å². The molecule has 14 heteroatoms. The molecule has 364 valence electrons. The highest BCUT2D eigenvalue weighted by molar-refractivity contribution is 6.08. The first kappa shape index (κ1) is 48.4. The maximum absolute atomic E-state index is 15.0. The molecule has 71 heavy (non-hydrogen) atoms. The number of ketones is 2. The third-order valence-corrected chi connectivity index (χ3v) is 14.6. The summed E-state index contributed by atoms with van der Waals surface area (Å²) in [6.45, 7) is 5.77. The van der Waals surface area contributed by atoms with E-state index in [0.717, 1.165) is 86.3 Å². The van der Waals surface area contributed by atoms with E-state index in [1.807, 2.05) is 77.8 Å². The number of Topliss-reactive ketones (excluding diaryl/α,β-unsaturated/α-hetero) is 2. The molecule has 1 aliphatic carbocycles. The van der Waals surface area contributed by atoms with Crippen LogP contribution in [0.25, 0.3) is 39.2 Å². The van der Waals surface area contributed by atoms with Crippen molar-refractivity contribution in [2.45, 2.75) is 94.7 Å². The van der Waals surface area contributed by atoms with Crippen LogP contribution in [0, 0.1) is 5.92 Å². The van der Waals surface area contributed by atoms with E-state index in [1.165, 1.54) is 11.8 Å². The molecule has 3 aliphatic heterocycles. The summed E-state index contributed by atoms with van der Waals surface area (Å²) in [5.74, 6) is -3.80. The molecular weight excluding hydrogens is 897 g/mol. The van der Waals surface area contributed by atoms with Crippen LogP contribution in [0.4, 0.5) is 0 Å². The topological polar surface area (TPSA) is 199 Å². The van der Waals surface area contributed by atoms with Gasteiger partial charge < -0.3 is 30.6 Å². The van der Waals surface area contributed by atoms with E-state index in [2.05, 4.69) is 59.7 Å². The molecule has 1 saturated heterocycles. The predicted molar refractivity (Wildman–Crippen MR) is 271 cm³/mol. The first-order chi connectivity index (χ1) is 34.3. The van der Waals surface area contributed by atoms with Crippen molar-refractivity contribution in [1.82, 2.24) is 25.4 Å². The number of amides is 3. The van der Waals surface area contributed by atoms with Crippen molar-refractivity contribution in [3.63, 3.8) is 0 Å². The molecule has 2 fully saturated rings. The van der Waals surface area contributed by atoms with E-state index in [-0.39, 0.29) is 38.0 Å². The first-order valence-corrected chi connectivity index (χ1v) is 24.5. The summed E-state index contributed by atoms with van der Waals surface area (Å²) in [7, 11) is 0. The number of benzene rings is 4. The molecule has 4 N–H and O–H groups in total. The Morgan fingerprint density at radius 1 is 0.859 bits per heavy atom. The Hall–Kier alpha value is -7.58. The third kappa shape index (κ3) is 10.2. The van der Waals surface area contributed by atoms with Gasteiger partial charge in [-0.25, -0.2) is 4.98 Å². The number of rotatable bonds is 19. The normalized spacial score (nSPS) is 17.9. The minimum Gasteiger partial charge on any atom is -0.481 e. The Bertz CT molecular complexity index is 2970. The maximum atomic E-state index is 15.0. The third-order valence-electron chi connectivity index (χ3n) is 14.6. The Morgan fingerprint density at radius 2 is 1.61 bits per heavy atom. The molecule has 4 aliphatic rings. The van der Waals surface area contributed by atoms with Crippen LogP contribution in [0.5, 0.6) is 0 Å². The smallest absolute Gasteiger partial charge is 0.303 e. The maximum Gasteiger partial charge on any atom is 0.303 e. The Kier molecular flexibility index (Phi) is 14.2. The lowest BCUT2D eigenvalue weighted by Crippen LogP contribution is -2.56. The molecule has 4 atom stereocenters. The number of hydrogen-bond acceptors (Lipinski definition) is 10. The fourth-order valence-electron chi connectivity index (χ4n) is 10.5. The van der Waals surface area contributed by atoms with Crippen LogP contribution in [0.2, 0.25) is 0 Å². The Labute approximate surface area is 412 Å². The molecule has 5 aromatic rings. The fraction of sp³-hybridized carbons (Fsp3) is 0.333. The standard InChI is InChI=1S/C57H58N6O8/c1-35-33-58-53-46-31-45(38-11-4-3-5-12-38)52(60-47(46)24-28-62(35)53)39-18-20-42(21-19-39)57(25-10-26-57)32-50(66)48(30-40-15-8-14-37-13-6-7-16-44(37)40)61-55(70)49-17-9-27-63(49)56(71)36(2)59-54(69)41(34-64)29-43(65)22-23-51(67)68/h3-8,11-16,18-21,24,28,31,36,41,48-49,64H,1,9-10,17,22-23,25-27,29-30,32-34H2,2H3,(H,59,69)(H,61,70)(H,67,68)/t36-,41+,48+,49+/m1/s1. The number of pyridine rings is 1. The number of likely N-dealkylation sites (tertiary alicyclic amines) is 1. The fourth-order valence-corrected chi connectivity index (χ4v) is 10.5. The van der Waals surface area contributed by atoms with Crippen molar-refractivity contribution in [3.05, 3.63) is 144 Å². The van der Waals surface area contributed by atoms with Crippen LogP contribution in [-0.4, -0.2) is 104 Å². The minimum atomic E-state index is -1.17. The number of nitrogens with one attached hydrogen (secondary N) is 2. The lowest BCUT2D eigenvalue weighted by atomic mass is 9.61. The molecular formula is C57H58N6O8. The second-order valence-corrected chi connectivity index (χ2v) is 19.3. The summed E-state index contributed by atoms with van der Waals surface area (Å²) in [4.78, 5) is 93.2. The van der Waals surface area contributed by atoms with Gasteiger partial charge in [0, 0.05) is 66.2 Å². The number of carbonyl (C=O) groups excluding carboxylic acids is 5. The summed E-state index contributed by atoms with van der Waals surface area (Å²) in [5, 5.41) is 26.5. The van der Waals surface area contributed by atoms with Crippen molar-refractivity contribution in [3.8, 4) is 22.4 Å². The molecule has 4 heterocycles. The number of nitrogens with zero attached hydrogens (tertiary/aromatic N) is 4. The minimum absolute atomic E-state index is 0.111. The molecule has 0 radical (unpaired) electrons. The summed E-state index contributed by atoms with van der Waals surface area (Å²) in [6.07, 6.45) is 6.78. The number of aliphatic hydroxyl groups is 1. The lowest BCUT2D eigenvalue weighted by Gasteiger charge is -2.43. The van der Waals surface area contributed by atoms with Crippen molar-refractivity contribution < 1.29 is 39.0 Å². The summed E-state index contributed by atoms with van der Waals surface area (Å²) < 4.78 is 0. The average Bonchev–Trinajstić information content (AvgIpc) is 4.03. The molecule has 0 unspecified atom stereocenters. The SMILES string of the molecule is C=C1CN=C2c3cc(-c4ccccc4)c(-c4ccc(C5(CC(=O)[C@H](Cc6cccc7ccccc67)NC(=O)[C@@H]6CCCN6C(=O)[C@@H](C)NC(=O)[C@H](CO)CC(=O)CCC(=O)O)CCC5)cc4)nc3C=CN12. The Morgan fingerprint density at radius 3 is 2.34 bits per heavy atom. The monoisotopic (exact) mass is 954 g/mol. The molecule has 1 aromatic heterocycles. The van der Waals surface area contributed by atoms with Crippen LogP contribution >= 0.6 is 0 Å². The van der Waals surface area contributed by atoms with Gasteiger partial charge in [-0.15, -0.1) is 0 Å². The van der Waals surface area contributed by atoms with E-state index in [9.17, 15) is 33.9 Å². The summed E-state index contributed by atoms with van der Waals surface area (Å²) in [6, 6.07) is 31.7. The number of hydrogen-bond donors (Lipinski definition) is 4. The second-order valence-electron chi connectivity index (χ2n) is 19.3. The molecule has 3 amide bonds. The van der Waals surface area contributed by atoms with Crippen molar-refractivity contribution in [2.24, 2.45) is 10.9 Å². The van der Waals surface area contributed by atoms with Gasteiger partial charge in [-0.05, 0) is 72.2 Å². The summed E-state index contributed by atoms with van der Waals surface area (Å²) in [5.41, 5.74) is 7.96. The zero-order valence-corrected chi connectivity index (χ0v) is 39.8. The van der Waals surface area contributed by atoms with Crippen molar-refractivity contribution >= 4 is 57.9 Å². The van der Waals surface area contributed by atoms with Crippen molar-refractivity contribution in [2.75, 3.05) is 19.7 Å². The Balaban J connectivity index is 0.946. The highest BCUT2D eigenvalue weighted by Crippen LogP contribution is 2.48. The van der Waals surface area contributed by atoms with Gasteiger partial charge in [0.2, 0.25) is 17.7 Å². The van der Waals surface area contributed by atoms with Crippen LogP contribution in [0.3, 0.4) is 0 Å². The zero-order valence-electron chi connectivity index (χ0n) is 39.8. The van der Waals surface area contributed by atoms with E-state index >= 15 is 0 Å². The largest absolute Gasteiger partial charge is 0.481 e. The lowest BCUT2D eigenvalue weighted by molar-refractivity contribution is -0.142. The number of amidine groups is 1. The number of aromatic nitrogens is 1. The van der Waals surface area contributed by atoms with Gasteiger partial charge in [0.05, 0.1) is 42.9 Å². The molecule has 4 aromatic carbocycles. The van der Waals surface area contributed by atoms with Crippen LogP contribution in [-0.2, 0) is 40.6 Å². The quantitative estimate of drug-likeness (QED) is 0.0659. The number of fused-ring (bicyclic) bond motifs is 4. The average molecular weight is 955 g/mol. The number of aliphatic imine (C=N–C) groups is 1. The van der Waals surface area contributed by atoms with Crippen LogP contribution in [0.1, 0.15) is 87.1 Å². The van der Waals surface area contributed by atoms with Crippen LogP contribution in [0.15, 0.2) is 127 Å². The number of carbonyl (C=O) groups is 6. The molecule has 1 saturated carbocycles. The van der Waals surface area contributed by atoms with Gasteiger partial charge in [0.15, 0.2) is 5.78 Å². The van der Waals surface area contributed by atoms with E-state index < -0.39 is 72.0 Å². The number of aliphatic hydroxyl groups excluding tert-OH is 1. The second kappa shape index (κ2) is 20.8. The van der Waals surface area contributed by atoms with E-state index in [0.29, 0.717) is 19.4 Å². The number of carboxylic acid groups (broad SMARTS) is 1. The van der Waals surface area contributed by atoms with Gasteiger partial charge >= 0.3 is 5.97 Å². The predicted octanol–water partition coefficient (Wildman–Crippen LogP) is 7.17.